The summed E-state index contributed by atoms with van der Waals surface area (Å²) in [6.45, 7) is 0.734. The first kappa shape index (κ1) is 23.4. The average molecular weight is 440 g/mol. The average Bonchev–Trinajstić information content (AvgIpc) is 2.82. The molecule has 1 aliphatic rings. The molecule has 0 unspecified atom stereocenters. The largest absolute Gasteiger partial charge is 0.354 e. The van der Waals surface area contributed by atoms with E-state index in [1.165, 1.54) is 56.4 Å². The van der Waals surface area contributed by atoms with Crippen molar-refractivity contribution in [2.45, 2.75) is 44.9 Å². The van der Waals surface area contributed by atoms with E-state index >= 15 is 0 Å². The highest BCUT2D eigenvalue weighted by Crippen LogP contribution is 2.27. The predicted molar refractivity (Wildman–Crippen MR) is 122 cm³/mol. The molecule has 0 radical (unpaired) electrons. The van der Waals surface area contributed by atoms with Crippen LogP contribution in [0.2, 0.25) is 0 Å². The third-order valence-electron chi connectivity index (χ3n) is 5.75. The van der Waals surface area contributed by atoms with Gasteiger partial charge in [0, 0.05) is 36.3 Å². The molecule has 6 nitrogen and oxygen atoms in total. The summed E-state index contributed by atoms with van der Waals surface area (Å²) < 4.78 is 13.0. The topological polar surface area (TPSA) is 87.3 Å². The van der Waals surface area contributed by atoms with Crippen LogP contribution in [0.5, 0.6) is 0 Å². The molecule has 2 aromatic carbocycles. The van der Waals surface area contributed by atoms with Crippen molar-refractivity contribution in [2.75, 3.05) is 18.4 Å². The smallest absolute Gasteiger partial charge is 0.255 e. The Morgan fingerprint density at radius 3 is 2.06 bits per heavy atom. The van der Waals surface area contributed by atoms with Crippen molar-refractivity contribution in [3.05, 3.63) is 65.5 Å². The number of anilines is 1. The minimum Gasteiger partial charge on any atom is -0.354 e. The van der Waals surface area contributed by atoms with Gasteiger partial charge in [0.15, 0.2) is 0 Å². The molecular formula is C25H30FN3O3. The van der Waals surface area contributed by atoms with Gasteiger partial charge in [-0.05, 0) is 60.9 Å². The fourth-order valence-corrected chi connectivity index (χ4v) is 3.89. The molecule has 0 atom stereocenters. The zero-order chi connectivity index (χ0) is 22.8. The number of hydrogen-bond donors (Lipinski definition) is 3. The van der Waals surface area contributed by atoms with Gasteiger partial charge < -0.3 is 16.0 Å². The van der Waals surface area contributed by atoms with Crippen molar-refractivity contribution < 1.29 is 18.8 Å². The van der Waals surface area contributed by atoms with Crippen LogP contribution in [0, 0.1) is 11.7 Å². The number of carbonyl (C=O) groups excluding carboxylic acids is 3. The Labute approximate surface area is 188 Å². The Balaban J connectivity index is 1.34. The molecule has 1 aliphatic carbocycles. The standard InChI is InChI=1S/C25H30FN3O3/c26-21-11-7-20(8-12-21)25(32)29-22-13-9-19(10-14-22)24(31)28-17-16-27-23(30)15-6-18-4-2-1-3-5-18/h7-14,18H,1-6,15-17H2,(H,27,30)(H,28,31)(H,29,32). The highest BCUT2D eigenvalue weighted by atomic mass is 19.1. The van der Waals surface area contributed by atoms with Gasteiger partial charge in [-0.3, -0.25) is 14.4 Å². The van der Waals surface area contributed by atoms with E-state index in [0.717, 1.165) is 6.42 Å². The van der Waals surface area contributed by atoms with Gasteiger partial charge in [0.05, 0.1) is 0 Å². The summed E-state index contributed by atoms with van der Waals surface area (Å²) in [7, 11) is 0. The Bertz CT molecular complexity index is 907. The van der Waals surface area contributed by atoms with Gasteiger partial charge in [-0.15, -0.1) is 0 Å². The van der Waals surface area contributed by atoms with Crippen molar-refractivity contribution in [3.63, 3.8) is 0 Å². The SMILES string of the molecule is O=C(CCC1CCCCC1)NCCNC(=O)c1ccc(NC(=O)c2ccc(F)cc2)cc1. The maximum Gasteiger partial charge on any atom is 0.255 e. The van der Waals surface area contributed by atoms with Crippen LogP contribution >= 0.6 is 0 Å². The van der Waals surface area contributed by atoms with Gasteiger partial charge in [0.2, 0.25) is 5.91 Å². The summed E-state index contributed by atoms with van der Waals surface area (Å²) in [5.74, 6) is -0.307. The van der Waals surface area contributed by atoms with Gasteiger partial charge >= 0.3 is 0 Å². The minimum atomic E-state index is -0.407. The first-order chi connectivity index (χ1) is 15.5. The number of benzene rings is 2. The van der Waals surface area contributed by atoms with Gasteiger partial charge in [-0.25, -0.2) is 4.39 Å². The molecule has 0 heterocycles. The van der Waals surface area contributed by atoms with Crippen LogP contribution in [-0.2, 0) is 4.79 Å². The minimum absolute atomic E-state index is 0.0334. The maximum atomic E-state index is 13.0. The maximum absolute atomic E-state index is 13.0. The van der Waals surface area contributed by atoms with E-state index in [-0.39, 0.29) is 17.7 Å². The molecule has 0 aromatic heterocycles. The molecule has 2 aromatic rings. The van der Waals surface area contributed by atoms with Crippen molar-refractivity contribution in [2.24, 2.45) is 5.92 Å². The fourth-order valence-electron chi connectivity index (χ4n) is 3.89. The second kappa shape index (κ2) is 12.0. The van der Waals surface area contributed by atoms with Gasteiger partial charge in [-0.1, -0.05) is 32.1 Å². The second-order valence-corrected chi connectivity index (χ2v) is 8.19. The second-order valence-electron chi connectivity index (χ2n) is 8.19. The lowest BCUT2D eigenvalue weighted by Gasteiger charge is -2.20. The van der Waals surface area contributed by atoms with E-state index in [1.807, 2.05) is 0 Å². The first-order valence-electron chi connectivity index (χ1n) is 11.2. The van der Waals surface area contributed by atoms with E-state index < -0.39 is 5.82 Å². The van der Waals surface area contributed by atoms with Crippen molar-refractivity contribution in [1.29, 1.82) is 0 Å². The van der Waals surface area contributed by atoms with Crippen LogP contribution in [0.4, 0.5) is 10.1 Å². The molecule has 32 heavy (non-hydrogen) atoms. The van der Waals surface area contributed by atoms with E-state index in [9.17, 15) is 18.8 Å². The molecule has 3 N–H and O–H groups in total. The van der Waals surface area contributed by atoms with Crippen LogP contribution in [0.25, 0.3) is 0 Å². The highest BCUT2D eigenvalue weighted by molar-refractivity contribution is 6.04. The van der Waals surface area contributed by atoms with Gasteiger partial charge in [0.1, 0.15) is 5.82 Å². The van der Waals surface area contributed by atoms with Crippen LogP contribution in [0.3, 0.4) is 0 Å². The molecule has 170 valence electrons. The summed E-state index contributed by atoms with van der Waals surface area (Å²) in [5.41, 5.74) is 1.32. The number of halogens is 1. The zero-order valence-corrected chi connectivity index (χ0v) is 18.2. The van der Waals surface area contributed by atoms with Gasteiger partial charge in [0.25, 0.3) is 11.8 Å². The van der Waals surface area contributed by atoms with Crippen LogP contribution < -0.4 is 16.0 Å². The molecule has 3 amide bonds. The summed E-state index contributed by atoms with van der Waals surface area (Å²) in [6, 6.07) is 11.7. The Kier molecular flexibility index (Phi) is 8.78. The number of amides is 3. The lowest BCUT2D eigenvalue weighted by atomic mass is 9.86. The van der Waals surface area contributed by atoms with Crippen LogP contribution in [0.15, 0.2) is 48.5 Å². The third kappa shape index (κ3) is 7.48. The molecule has 1 fully saturated rings. The Morgan fingerprint density at radius 2 is 1.38 bits per heavy atom. The van der Waals surface area contributed by atoms with Crippen molar-refractivity contribution in [3.8, 4) is 0 Å². The van der Waals surface area contributed by atoms with Gasteiger partial charge in [-0.2, -0.15) is 0 Å². The normalized spacial score (nSPS) is 13.9. The lowest BCUT2D eigenvalue weighted by molar-refractivity contribution is -0.121. The summed E-state index contributed by atoms with van der Waals surface area (Å²) in [4.78, 5) is 36.4. The van der Waals surface area contributed by atoms with Crippen molar-refractivity contribution >= 4 is 23.4 Å². The van der Waals surface area contributed by atoms with E-state index in [2.05, 4.69) is 16.0 Å². The lowest BCUT2D eigenvalue weighted by Crippen LogP contribution is -2.34. The Morgan fingerprint density at radius 1 is 0.781 bits per heavy atom. The zero-order valence-electron chi connectivity index (χ0n) is 18.2. The number of nitrogens with one attached hydrogen (secondary N) is 3. The number of carbonyl (C=O) groups is 3. The molecule has 0 bridgehead atoms. The molecule has 0 aliphatic heterocycles. The van der Waals surface area contributed by atoms with Crippen LogP contribution in [-0.4, -0.2) is 30.8 Å². The van der Waals surface area contributed by atoms with E-state index in [1.54, 1.807) is 24.3 Å². The molecule has 1 saturated carbocycles. The molecule has 0 saturated heterocycles. The molecule has 0 spiro atoms. The molecule has 3 rings (SSSR count). The quantitative estimate of drug-likeness (QED) is 0.510. The fraction of sp³-hybridized carbons (Fsp3) is 0.400. The molecule has 7 heteroatoms. The summed E-state index contributed by atoms with van der Waals surface area (Å²) >= 11 is 0. The third-order valence-corrected chi connectivity index (χ3v) is 5.75. The number of rotatable bonds is 9. The Hall–Kier alpha value is -3.22. The van der Waals surface area contributed by atoms with E-state index in [4.69, 9.17) is 0 Å². The van der Waals surface area contributed by atoms with Crippen molar-refractivity contribution in [1.82, 2.24) is 10.6 Å². The summed E-state index contributed by atoms with van der Waals surface area (Å²) in [6.07, 6.45) is 7.83. The molecular weight excluding hydrogens is 409 g/mol. The van der Waals surface area contributed by atoms with Crippen LogP contribution in [0.1, 0.15) is 65.7 Å². The van der Waals surface area contributed by atoms with E-state index in [0.29, 0.717) is 42.2 Å². The highest BCUT2D eigenvalue weighted by Gasteiger charge is 2.14. The summed E-state index contributed by atoms with van der Waals surface area (Å²) in [5, 5.41) is 8.33. The first-order valence-corrected chi connectivity index (χ1v) is 11.2. The predicted octanol–water partition coefficient (Wildman–Crippen LogP) is 4.28. The monoisotopic (exact) mass is 439 g/mol. The number of hydrogen-bond acceptors (Lipinski definition) is 3.